The maximum Gasteiger partial charge on any atom is 0.274 e. The molecule has 2 rings (SSSR count). The SMILES string of the molecule is CCC1(O)CN(C(=O)c2nc(C(C)C)ncc2Cl)C1. The van der Waals surface area contributed by atoms with Gasteiger partial charge in [0.2, 0.25) is 0 Å². The predicted octanol–water partition coefficient (Wildman–Crippen LogP) is 1.85. The van der Waals surface area contributed by atoms with Gasteiger partial charge in [0.25, 0.3) is 5.91 Å². The Morgan fingerprint density at radius 3 is 2.74 bits per heavy atom. The van der Waals surface area contributed by atoms with Gasteiger partial charge in [-0.1, -0.05) is 32.4 Å². The third-order valence-electron chi connectivity index (χ3n) is 3.40. The van der Waals surface area contributed by atoms with Gasteiger partial charge in [-0.3, -0.25) is 4.79 Å². The molecule has 2 heterocycles. The van der Waals surface area contributed by atoms with E-state index in [1.54, 1.807) is 4.90 Å². The number of aliphatic hydroxyl groups is 1. The van der Waals surface area contributed by atoms with Gasteiger partial charge in [-0.05, 0) is 6.42 Å². The van der Waals surface area contributed by atoms with Crippen molar-refractivity contribution in [3.05, 3.63) is 22.7 Å². The monoisotopic (exact) mass is 283 g/mol. The molecule has 0 aliphatic carbocycles. The van der Waals surface area contributed by atoms with Gasteiger partial charge in [-0.2, -0.15) is 0 Å². The minimum Gasteiger partial charge on any atom is -0.386 e. The van der Waals surface area contributed by atoms with E-state index in [2.05, 4.69) is 9.97 Å². The van der Waals surface area contributed by atoms with Gasteiger partial charge in [0.15, 0.2) is 5.69 Å². The number of amides is 1. The Morgan fingerprint density at radius 1 is 1.58 bits per heavy atom. The first-order valence-electron chi connectivity index (χ1n) is 6.40. The summed E-state index contributed by atoms with van der Waals surface area (Å²) < 4.78 is 0. The molecule has 1 aliphatic rings. The van der Waals surface area contributed by atoms with E-state index in [4.69, 9.17) is 11.6 Å². The second kappa shape index (κ2) is 5.06. The van der Waals surface area contributed by atoms with Gasteiger partial charge < -0.3 is 10.0 Å². The molecule has 0 unspecified atom stereocenters. The average molecular weight is 284 g/mol. The molecule has 0 bridgehead atoms. The van der Waals surface area contributed by atoms with E-state index in [0.717, 1.165) is 0 Å². The third-order valence-corrected chi connectivity index (χ3v) is 3.67. The van der Waals surface area contributed by atoms with Crippen LogP contribution in [0.3, 0.4) is 0 Å². The lowest BCUT2D eigenvalue weighted by Gasteiger charge is -2.45. The van der Waals surface area contributed by atoms with Crippen molar-refractivity contribution in [1.82, 2.24) is 14.9 Å². The normalized spacial score (nSPS) is 17.5. The van der Waals surface area contributed by atoms with Crippen molar-refractivity contribution >= 4 is 17.5 Å². The lowest BCUT2D eigenvalue weighted by Crippen LogP contribution is -2.63. The van der Waals surface area contributed by atoms with Gasteiger partial charge in [0, 0.05) is 5.92 Å². The fourth-order valence-electron chi connectivity index (χ4n) is 1.99. The third kappa shape index (κ3) is 2.72. The van der Waals surface area contributed by atoms with Crippen molar-refractivity contribution in [3.63, 3.8) is 0 Å². The van der Waals surface area contributed by atoms with Crippen LogP contribution < -0.4 is 0 Å². The first kappa shape index (κ1) is 14.2. The molecule has 19 heavy (non-hydrogen) atoms. The second-order valence-electron chi connectivity index (χ2n) is 5.32. The lowest BCUT2D eigenvalue weighted by molar-refractivity contribution is -0.0828. The number of β-amino-alcohol motifs (C(OH)–C–C–N with tert-alkyl or cyclic N) is 1. The number of halogens is 1. The first-order valence-corrected chi connectivity index (χ1v) is 6.78. The maximum atomic E-state index is 12.3. The molecular weight excluding hydrogens is 266 g/mol. The van der Waals surface area contributed by atoms with E-state index in [1.165, 1.54) is 6.20 Å². The summed E-state index contributed by atoms with van der Waals surface area (Å²) in [4.78, 5) is 22.2. The van der Waals surface area contributed by atoms with Crippen molar-refractivity contribution in [2.75, 3.05) is 13.1 Å². The summed E-state index contributed by atoms with van der Waals surface area (Å²) in [6.07, 6.45) is 2.09. The summed E-state index contributed by atoms with van der Waals surface area (Å²) in [6, 6.07) is 0. The molecule has 5 nitrogen and oxygen atoms in total. The standard InChI is InChI=1S/C13H18ClN3O2/c1-4-13(19)6-17(7-13)12(18)10-9(14)5-15-11(16-10)8(2)3/h5,8,19H,4,6-7H2,1-3H3. The quantitative estimate of drug-likeness (QED) is 0.919. The molecule has 0 aromatic carbocycles. The Labute approximate surface area is 117 Å². The Morgan fingerprint density at radius 2 is 2.21 bits per heavy atom. The Kier molecular flexibility index (Phi) is 3.78. The number of hydrogen-bond donors (Lipinski definition) is 1. The van der Waals surface area contributed by atoms with Gasteiger partial charge in [-0.25, -0.2) is 9.97 Å². The zero-order chi connectivity index (χ0) is 14.2. The van der Waals surface area contributed by atoms with Crippen molar-refractivity contribution in [3.8, 4) is 0 Å². The summed E-state index contributed by atoms with van der Waals surface area (Å²) in [5.74, 6) is 0.485. The molecule has 1 aromatic heterocycles. The highest BCUT2D eigenvalue weighted by Crippen LogP contribution is 2.27. The number of nitrogens with zero attached hydrogens (tertiary/aromatic N) is 3. The van der Waals surface area contributed by atoms with Crippen LogP contribution >= 0.6 is 11.6 Å². The van der Waals surface area contributed by atoms with Gasteiger partial charge in [0.05, 0.1) is 29.9 Å². The highest BCUT2D eigenvalue weighted by molar-refractivity contribution is 6.33. The minimum atomic E-state index is -0.754. The van der Waals surface area contributed by atoms with Crippen LogP contribution in [0, 0.1) is 0 Å². The predicted molar refractivity (Wildman–Crippen MR) is 72.3 cm³/mol. The zero-order valence-electron chi connectivity index (χ0n) is 11.4. The van der Waals surface area contributed by atoms with Crippen LogP contribution in [-0.2, 0) is 0 Å². The maximum absolute atomic E-state index is 12.3. The van der Waals surface area contributed by atoms with Crippen LogP contribution in [0.15, 0.2) is 6.20 Å². The number of rotatable bonds is 3. The molecule has 1 aromatic rings. The molecule has 0 radical (unpaired) electrons. The molecule has 0 saturated carbocycles. The molecule has 0 spiro atoms. The number of aromatic nitrogens is 2. The summed E-state index contributed by atoms with van der Waals surface area (Å²) in [5, 5.41) is 10.2. The highest BCUT2D eigenvalue weighted by atomic mass is 35.5. The Balaban J connectivity index is 2.18. The topological polar surface area (TPSA) is 66.3 Å². The summed E-state index contributed by atoms with van der Waals surface area (Å²) >= 11 is 5.99. The van der Waals surface area contributed by atoms with Crippen LogP contribution in [0.5, 0.6) is 0 Å². The van der Waals surface area contributed by atoms with E-state index in [0.29, 0.717) is 25.3 Å². The molecule has 1 fully saturated rings. The summed E-state index contributed by atoms with van der Waals surface area (Å²) in [6.45, 7) is 6.48. The van der Waals surface area contributed by atoms with Crippen LogP contribution in [0.2, 0.25) is 5.02 Å². The molecule has 1 saturated heterocycles. The van der Waals surface area contributed by atoms with Crippen LogP contribution in [0.4, 0.5) is 0 Å². The molecule has 0 atom stereocenters. The number of carbonyl (C=O) groups excluding carboxylic acids is 1. The molecule has 1 aliphatic heterocycles. The second-order valence-corrected chi connectivity index (χ2v) is 5.73. The van der Waals surface area contributed by atoms with E-state index >= 15 is 0 Å². The first-order chi connectivity index (χ1) is 8.86. The average Bonchev–Trinajstić information content (AvgIpc) is 2.34. The molecular formula is C13H18ClN3O2. The number of likely N-dealkylation sites (tertiary alicyclic amines) is 1. The van der Waals surface area contributed by atoms with E-state index in [1.807, 2.05) is 20.8 Å². The number of carbonyl (C=O) groups is 1. The molecule has 1 N–H and O–H groups in total. The van der Waals surface area contributed by atoms with E-state index < -0.39 is 5.60 Å². The smallest absolute Gasteiger partial charge is 0.274 e. The van der Waals surface area contributed by atoms with E-state index in [9.17, 15) is 9.90 Å². The van der Waals surface area contributed by atoms with Crippen molar-refractivity contribution in [1.29, 1.82) is 0 Å². The molecule has 104 valence electrons. The summed E-state index contributed by atoms with van der Waals surface area (Å²) in [5.41, 5.74) is -0.533. The Bertz CT molecular complexity index is 499. The van der Waals surface area contributed by atoms with Crippen LogP contribution in [0.1, 0.15) is 49.4 Å². The van der Waals surface area contributed by atoms with Crippen LogP contribution in [-0.4, -0.2) is 44.6 Å². The van der Waals surface area contributed by atoms with Gasteiger partial charge in [-0.15, -0.1) is 0 Å². The molecule has 6 heteroatoms. The van der Waals surface area contributed by atoms with E-state index in [-0.39, 0.29) is 22.5 Å². The van der Waals surface area contributed by atoms with Crippen molar-refractivity contribution < 1.29 is 9.90 Å². The van der Waals surface area contributed by atoms with Crippen molar-refractivity contribution in [2.45, 2.75) is 38.7 Å². The number of hydrogen-bond acceptors (Lipinski definition) is 4. The lowest BCUT2D eigenvalue weighted by atomic mass is 9.91. The Hall–Kier alpha value is -1.20. The zero-order valence-corrected chi connectivity index (χ0v) is 12.1. The fourth-order valence-corrected chi connectivity index (χ4v) is 2.16. The molecule has 1 amide bonds. The highest BCUT2D eigenvalue weighted by Gasteiger charge is 2.43. The van der Waals surface area contributed by atoms with Crippen molar-refractivity contribution in [2.24, 2.45) is 0 Å². The van der Waals surface area contributed by atoms with Gasteiger partial charge >= 0.3 is 0 Å². The van der Waals surface area contributed by atoms with Gasteiger partial charge in [0.1, 0.15) is 5.82 Å². The van der Waals surface area contributed by atoms with Crippen LogP contribution in [0.25, 0.3) is 0 Å². The minimum absolute atomic E-state index is 0.132. The largest absolute Gasteiger partial charge is 0.386 e. The fraction of sp³-hybridized carbons (Fsp3) is 0.615. The summed E-state index contributed by atoms with van der Waals surface area (Å²) in [7, 11) is 0.